The van der Waals surface area contributed by atoms with Gasteiger partial charge in [-0.1, -0.05) is 44.2 Å². The molecule has 2 rings (SSSR count). The van der Waals surface area contributed by atoms with Gasteiger partial charge in [-0.2, -0.15) is 0 Å². The number of Topliss-reactive ketones (excluding diaryl/α,β-unsaturated/α-hetero) is 1. The van der Waals surface area contributed by atoms with Gasteiger partial charge >= 0.3 is 0 Å². The number of hydrogen-bond acceptors (Lipinski definition) is 3. The summed E-state index contributed by atoms with van der Waals surface area (Å²) in [5.74, 6) is 0.538. The van der Waals surface area contributed by atoms with E-state index in [1.165, 1.54) is 0 Å². The highest BCUT2D eigenvalue weighted by molar-refractivity contribution is 6.00. The molecule has 0 aliphatic carbocycles. The van der Waals surface area contributed by atoms with Crippen LogP contribution in [-0.4, -0.2) is 41.5 Å². The number of benzene rings is 1. The zero-order valence-electron chi connectivity index (χ0n) is 12.7. The van der Waals surface area contributed by atoms with E-state index in [0.717, 1.165) is 31.6 Å². The molecule has 1 aliphatic rings. The van der Waals surface area contributed by atoms with Crippen molar-refractivity contribution in [3.05, 3.63) is 35.9 Å². The molecule has 0 bridgehead atoms. The van der Waals surface area contributed by atoms with Crippen LogP contribution in [0, 0.1) is 11.3 Å². The minimum atomic E-state index is -0.394. The molecular formula is C17H25NO2. The number of likely N-dealkylation sites (tertiary alicyclic amines) is 1. The van der Waals surface area contributed by atoms with Gasteiger partial charge in [-0.3, -0.25) is 4.79 Å². The lowest BCUT2D eigenvalue weighted by molar-refractivity contribution is 0.0767. The standard InChI is InChI=1S/C17H25NO2/c1-13(19)15-9-10-18(11-15)12-17(2,3)16(20)14-7-5-4-6-8-14/h4-8,13,15,19H,9-12H2,1-3H3. The molecule has 0 saturated carbocycles. The first-order chi connectivity index (χ1) is 9.40. The quantitative estimate of drug-likeness (QED) is 0.840. The van der Waals surface area contributed by atoms with Crippen molar-refractivity contribution in [2.24, 2.45) is 11.3 Å². The highest BCUT2D eigenvalue weighted by Crippen LogP contribution is 2.27. The normalized spacial score (nSPS) is 21.9. The Bertz CT molecular complexity index is 453. The highest BCUT2D eigenvalue weighted by atomic mass is 16.3. The number of rotatable bonds is 5. The smallest absolute Gasteiger partial charge is 0.169 e. The van der Waals surface area contributed by atoms with E-state index in [9.17, 15) is 9.90 Å². The van der Waals surface area contributed by atoms with Crippen LogP contribution < -0.4 is 0 Å². The number of aliphatic hydroxyl groups is 1. The Hall–Kier alpha value is -1.19. The second kappa shape index (κ2) is 6.06. The molecule has 2 atom stereocenters. The van der Waals surface area contributed by atoms with E-state index in [1.54, 1.807) is 0 Å². The minimum Gasteiger partial charge on any atom is -0.393 e. The molecule has 0 radical (unpaired) electrons. The lowest BCUT2D eigenvalue weighted by Gasteiger charge is -2.29. The number of carbonyl (C=O) groups is 1. The van der Waals surface area contributed by atoms with Crippen LogP contribution in [-0.2, 0) is 0 Å². The Balaban J connectivity index is 1.99. The first-order valence-corrected chi connectivity index (χ1v) is 7.40. The number of aliphatic hydroxyl groups excluding tert-OH is 1. The number of ketones is 1. The summed E-state index contributed by atoms with van der Waals surface area (Å²) in [5.41, 5.74) is 0.387. The Morgan fingerprint density at radius 3 is 2.60 bits per heavy atom. The van der Waals surface area contributed by atoms with Crippen LogP contribution in [0.1, 0.15) is 37.6 Å². The number of hydrogen-bond donors (Lipinski definition) is 1. The van der Waals surface area contributed by atoms with Gasteiger partial charge in [0.2, 0.25) is 0 Å². The van der Waals surface area contributed by atoms with Gasteiger partial charge in [0, 0.05) is 24.1 Å². The maximum atomic E-state index is 12.6. The summed E-state index contributed by atoms with van der Waals surface area (Å²) >= 11 is 0. The summed E-state index contributed by atoms with van der Waals surface area (Å²) in [6.07, 6.45) is 0.765. The molecule has 0 spiro atoms. The first kappa shape index (κ1) is 15.2. The van der Waals surface area contributed by atoms with Gasteiger partial charge in [0.25, 0.3) is 0 Å². The molecule has 0 aromatic heterocycles. The maximum absolute atomic E-state index is 12.6. The van der Waals surface area contributed by atoms with Crippen molar-refractivity contribution in [2.45, 2.75) is 33.3 Å². The fourth-order valence-electron chi connectivity index (χ4n) is 3.01. The van der Waals surface area contributed by atoms with Crippen LogP contribution in [0.3, 0.4) is 0 Å². The van der Waals surface area contributed by atoms with Crippen LogP contribution in [0.4, 0.5) is 0 Å². The van der Waals surface area contributed by atoms with Crippen molar-refractivity contribution in [2.75, 3.05) is 19.6 Å². The Morgan fingerprint density at radius 1 is 1.40 bits per heavy atom. The van der Waals surface area contributed by atoms with E-state index < -0.39 is 5.41 Å². The predicted octanol–water partition coefficient (Wildman–Crippen LogP) is 2.60. The molecule has 1 fully saturated rings. The third-order valence-electron chi connectivity index (χ3n) is 4.26. The average molecular weight is 275 g/mol. The Labute approximate surface area is 121 Å². The fraction of sp³-hybridized carbons (Fsp3) is 0.588. The molecule has 20 heavy (non-hydrogen) atoms. The predicted molar refractivity (Wildman–Crippen MR) is 80.8 cm³/mol. The molecule has 3 nitrogen and oxygen atoms in total. The Kier molecular flexibility index (Phi) is 4.61. The summed E-state index contributed by atoms with van der Waals surface area (Å²) in [6, 6.07) is 9.50. The van der Waals surface area contributed by atoms with Gasteiger partial charge in [-0.25, -0.2) is 0 Å². The molecular weight excluding hydrogens is 250 g/mol. The molecule has 3 heteroatoms. The largest absolute Gasteiger partial charge is 0.393 e. The molecule has 110 valence electrons. The molecule has 1 aromatic carbocycles. The third-order valence-corrected chi connectivity index (χ3v) is 4.26. The molecule has 1 aromatic rings. The van der Waals surface area contributed by atoms with Gasteiger partial charge in [0.1, 0.15) is 0 Å². The molecule has 1 heterocycles. The van der Waals surface area contributed by atoms with E-state index in [4.69, 9.17) is 0 Å². The van der Waals surface area contributed by atoms with Crippen molar-refractivity contribution in [1.29, 1.82) is 0 Å². The molecule has 1 saturated heterocycles. The molecule has 1 aliphatic heterocycles. The molecule has 2 unspecified atom stereocenters. The van der Waals surface area contributed by atoms with Gasteiger partial charge in [0.15, 0.2) is 5.78 Å². The average Bonchev–Trinajstić information content (AvgIpc) is 2.87. The van der Waals surface area contributed by atoms with Crippen LogP contribution in [0.2, 0.25) is 0 Å². The summed E-state index contributed by atoms with van der Waals surface area (Å²) < 4.78 is 0. The fourth-order valence-corrected chi connectivity index (χ4v) is 3.01. The summed E-state index contributed by atoms with van der Waals surface area (Å²) in [6.45, 7) is 8.50. The number of nitrogens with zero attached hydrogens (tertiary/aromatic N) is 1. The van der Waals surface area contributed by atoms with Crippen LogP contribution >= 0.6 is 0 Å². The van der Waals surface area contributed by atoms with Crippen molar-refractivity contribution >= 4 is 5.78 Å². The van der Waals surface area contributed by atoms with Crippen molar-refractivity contribution in [3.8, 4) is 0 Å². The molecule has 1 N–H and O–H groups in total. The maximum Gasteiger partial charge on any atom is 0.169 e. The van der Waals surface area contributed by atoms with Gasteiger partial charge in [-0.15, -0.1) is 0 Å². The van der Waals surface area contributed by atoms with E-state index >= 15 is 0 Å². The summed E-state index contributed by atoms with van der Waals surface area (Å²) in [4.78, 5) is 14.9. The van der Waals surface area contributed by atoms with E-state index in [1.807, 2.05) is 51.1 Å². The highest BCUT2D eigenvalue weighted by Gasteiger charge is 2.34. The van der Waals surface area contributed by atoms with Gasteiger partial charge in [0.05, 0.1) is 6.10 Å². The third kappa shape index (κ3) is 3.47. The molecule has 0 amide bonds. The van der Waals surface area contributed by atoms with E-state index in [2.05, 4.69) is 4.90 Å². The Morgan fingerprint density at radius 2 is 2.05 bits per heavy atom. The number of carbonyl (C=O) groups excluding carboxylic acids is 1. The van der Waals surface area contributed by atoms with E-state index in [0.29, 0.717) is 5.92 Å². The zero-order valence-corrected chi connectivity index (χ0v) is 12.7. The van der Waals surface area contributed by atoms with Crippen molar-refractivity contribution in [3.63, 3.8) is 0 Å². The SMILES string of the molecule is CC(O)C1CCN(CC(C)(C)C(=O)c2ccccc2)C1. The van der Waals surface area contributed by atoms with Crippen molar-refractivity contribution < 1.29 is 9.90 Å². The minimum absolute atomic E-state index is 0.193. The van der Waals surface area contributed by atoms with E-state index in [-0.39, 0.29) is 11.9 Å². The monoisotopic (exact) mass is 275 g/mol. The van der Waals surface area contributed by atoms with Gasteiger partial charge < -0.3 is 10.0 Å². The van der Waals surface area contributed by atoms with Crippen LogP contribution in [0.5, 0.6) is 0 Å². The van der Waals surface area contributed by atoms with Gasteiger partial charge in [-0.05, 0) is 25.8 Å². The van der Waals surface area contributed by atoms with Crippen molar-refractivity contribution in [1.82, 2.24) is 4.90 Å². The summed E-state index contributed by atoms with van der Waals surface area (Å²) in [7, 11) is 0. The zero-order chi connectivity index (χ0) is 14.8. The topological polar surface area (TPSA) is 40.5 Å². The lowest BCUT2D eigenvalue weighted by atomic mass is 9.83. The lowest BCUT2D eigenvalue weighted by Crippen LogP contribution is -2.38. The second-order valence-electron chi connectivity index (χ2n) is 6.60. The summed E-state index contributed by atoms with van der Waals surface area (Å²) in [5, 5.41) is 9.66. The van der Waals surface area contributed by atoms with Crippen LogP contribution in [0.15, 0.2) is 30.3 Å². The van der Waals surface area contributed by atoms with Crippen LogP contribution in [0.25, 0.3) is 0 Å². The second-order valence-corrected chi connectivity index (χ2v) is 6.60. The first-order valence-electron chi connectivity index (χ1n) is 7.40.